The topological polar surface area (TPSA) is 52.6 Å². The van der Waals surface area contributed by atoms with E-state index in [1.165, 1.54) is 0 Å². The molecule has 0 aliphatic carbocycles. The molecular formula is C14H21ClN2O2. The predicted molar refractivity (Wildman–Crippen MR) is 78.7 cm³/mol. The monoisotopic (exact) mass is 284 g/mol. The fourth-order valence-corrected chi connectivity index (χ4v) is 2.14. The van der Waals surface area contributed by atoms with Crippen LogP contribution in [0.3, 0.4) is 0 Å². The van der Waals surface area contributed by atoms with E-state index in [0.29, 0.717) is 18.1 Å². The molecular weight excluding hydrogens is 264 g/mol. The zero-order valence-corrected chi connectivity index (χ0v) is 12.4. The Labute approximate surface area is 119 Å². The van der Waals surface area contributed by atoms with Gasteiger partial charge in [-0.05, 0) is 38.5 Å². The van der Waals surface area contributed by atoms with E-state index in [1.807, 2.05) is 30.9 Å². The van der Waals surface area contributed by atoms with E-state index >= 15 is 0 Å². The van der Waals surface area contributed by atoms with Crippen molar-refractivity contribution in [3.8, 4) is 0 Å². The molecule has 0 radical (unpaired) electrons. The van der Waals surface area contributed by atoms with Crippen molar-refractivity contribution in [2.45, 2.75) is 26.9 Å². The molecule has 1 aromatic carbocycles. The summed E-state index contributed by atoms with van der Waals surface area (Å²) in [6.07, 6.45) is -0.551. The number of carbonyl (C=O) groups excluding carboxylic acids is 1. The van der Waals surface area contributed by atoms with Gasteiger partial charge in [-0.2, -0.15) is 0 Å². The zero-order chi connectivity index (χ0) is 14.4. The Hall–Kier alpha value is -1.26. The van der Waals surface area contributed by atoms with Crippen LogP contribution >= 0.6 is 11.6 Å². The second kappa shape index (κ2) is 7.36. The standard InChI is InChI=1S/C14H21ClN2O2/c1-4-16-14(19)9-17(5-2)13-7-6-11(10(3)18)8-12(13)15/h6-8,10,18H,4-5,9H2,1-3H3,(H,16,19)/t10-/m0/s1. The third-order valence-corrected chi connectivity index (χ3v) is 3.19. The molecule has 0 heterocycles. The van der Waals surface area contributed by atoms with Crippen LogP contribution in [-0.2, 0) is 4.79 Å². The van der Waals surface area contributed by atoms with Gasteiger partial charge in [-0.25, -0.2) is 0 Å². The lowest BCUT2D eigenvalue weighted by Crippen LogP contribution is -2.37. The third-order valence-electron chi connectivity index (χ3n) is 2.88. The van der Waals surface area contributed by atoms with E-state index in [-0.39, 0.29) is 12.5 Å². The van der Waals surface area contributed by atoms with Gasteiger partial charge in [0.15, 0.2) is 0 Å². The molecule has 4 nitrogen and oxygen atoms in total. The van der Waals surface area contributed by atoms with Gasteiger partial charge in [0.2, 0.25) is 5.91 Å². The summed E-state index contributed by atoms with van der Waals surface area (Å²) in [5, 5.41) is 12.8. The second-order valence-corrected chi connectivity index (χ2v) is 4.76. The van der Waals surface area contributed by atoms with Gasteiger partial charge < -0.3 is 15.3 Å². The first-order valence-corrected chi connectivity index (χ1v) is 6.86. The molecule has 0 fully saturated rings. The SMILES string of the molecule is CCNC(=O)CN(CC)c1ccc([C@H](C)O)cc1Cl. The van der Waals surface area contributed by atoms with E-state index in [1.54, 1.807) is 13.0 Å². The van der Waals surface area contributed by atoms with Crippen molar-refractivity contribution in [1.29, 1.82) is 0 Å². The molecule has 0 aliphatic heterocycles. The molecule has 0 saturated carbocycles. The van der Waals surface area contributed by atoms with E-state index in [0.717, 1.165) is 11.3 Å². The molecule has 0 unspecified atom stereocenters. The highest BCUT2D eigenvalue weighted by Crippen LogP contribution is 2.28. The highest BCUT2D eigenvalue weighted by atomic mass is 35.5. The predicted octanol–water partition coefficient (Wildman–Crippen LogP) is 2.36. The summed E-state index contributed by atoms with van der Waals surface area (Å²) in [7, 11) is 0. The Morgan fingerprint density at radius 1 is 1.47 bits per heavy atom. The Morgan fingerprint density at radius 3 is 2.63 bits per heavy atom. The summed E-state index contributed by atoms with van der Waals surface area (Å²) in [6.45, 7) is 7.13. The minimum Gasteiger partial charge on any atom is -0.389 e. The normalized spacial score (nSPS) is 12.1. The molecule has 0 aromatic heterocycles. The molecule has 0 saturated heterocycles. The number of aliphatic hydroxyl groups excluding tert-OH is 1. The summed E-state index contributed by atoms with van der Waals surface area (Å²) < 4.78 is 0. The molecule has 1 rings (SSSR count). The number of aliphatic hydroxyl groups is 1. The van der Waals surface area contributed by atoms with Crippen molar-refractivity contribution >= 4 is 23.2 Å². The molecule has 0 aliphatic rings. The zero-order valence-electron chi connectivity index (χ0n) is 11.6. The molecule has 106 valence electrons. The molecule has 19 heavy (non-hydrogen) atoms. The van der Waals surface area contributed by atoms with E-state index in [2.05, 4.69) is 5.32 Å². The summed E-state index contributed by atoms with van der Waals surface area (Å²) in [4.78, 5) is 13.5. The van der Waals surface area contributed by atoms with Gasteiger partial charge >= 0.3 is 0 Å². The summed E-state index contributed by atoms with van der Waals surface area (Å²) in [6, 6.07) is 5.40. The van der Waals surface area contributed by atoms with Gasteiger partial charge in [-0.3, -0.25) is 4.79 Å². The number of hydrogen-bond acceptors (Lipinski definition) is 3. The van der Waals surface area contributed by atoms with E-state index < -0.39 is 6.10 Å². The second-order valence-electron chi connectivity index (χ2n) is 4.35. The number of benzene rings is 1. The number of nitrogens with zero attached hydrogens (tertiary/aromatic N) is 1. The van der Waals surface area contributed by atoms with Crippen LogP contribution in [0.2, 0.25) is 5.02 Å². The lowest BCUT2D eigenvalue weighted by molar-refractivity contribution is -0.119. The first-order valence-electron chi connectivity index (χ1n) is 6.48. The van der Waals surface area contributed by atoms with Crippen molar-refractivity contribution in [2.24, 2.45) is 0 Å². The van der Waals surface area contributed by atoms with Crippen LogP contribution in [0.1, 0.15) is 32.4 Å². The fraction of sp³-hybridized carbons (Fsp3) is 0.500. The number of amides is 1. The first-order chi connectivity index (χ1) is 8.99. The third kappa shape index (κ3) is 4.40. The van der Waals surface area contributed by atoms with Gasteiger partial charge in [0.25, 0.3) is 0 Å². The van der Waals surface area contributed by atoms with Crippen LogP contribution in [0, 0.1) is 0 Å². The molecule has 0 spiro atoms. The summed E-state index contributed by atoms with van der Waals surface area (Å²) in [5.41, 5.74) is 1.57. The van der Waals surface area contributed by atoms with Crippen LogP contribution in [0.25, 0.3) is 0 Å². The molecule has 0 bridgehead atoms. The first kappa shape index (κ1) is 15.8. The average Bonchev–Trinajstić information content (AvgIpc) is 2.36. The largest absolute Gasteiger partial charge is 0.389 e. The molecule has 5 heteroatoms. The van der Waals surface area contributed by atoms with Crippen LogP contribution in [0.15, 0.2) is 18.2 Å². The number of nitrogens with one attached hydrogen (secondary N) is 1. The number of carbonyl (C=O) groups is 1. The fourth-order valence-electron chi connectivity index (χ4n) is 1.83. The summed E-state index contributed by atoms with van der Waals surface area (Å²) in [5.74, 6) is -0.0278. The smallest absolute Gasteiger partial charge is 0.239 e. The Bertz CT molecular complexity index is 435. The van der Waals surface area contributed by atoms with Gasteiger partial charge in [0.1, 0.15) is 0 Å². The molecule has 1 aromatic rings. The number of rotatable bonds is 6. The Balaban J connectivity index is 2.89. The highest BCUT2D eigenvalue weighted by molar-refractivity contribution is 6.33. The van der Waals surface area contributed by atoms with Crippen LogP contribution in [-0.4, -0.2) is 30.6 Å². The number of likely N-dealkylation sites (N-methyl/N-ethyl adjacent to an activating group) is 2. The summed E-state index contributed by atoms with van der Waals surface area (Å²) >= 11 is 6.22. The van der Waals surface area contributed by atoms with E-state index in [9.17, 15) is 9.90 Å². The highest BCUT2D eigenvalue weighted by Gasteiger charge is 2.13. The van der Waals surface area contributed by atoms with E-state index in [4.69, 9.17) is 11.6 Å². The van der Waals surface area contributed by atoms with Crippen molar-refractivity contribution in [2.75, 3.05) is 24.5 Å². The van der Waals surface area contributed by atoms with Crippen molar-refractivity contribution in [3.63, 3.8) is 0 Å². The van der Waals surface area contributed by atoms with Gasteiger partial charge in [-0.15, -0.1) is 0 Å². The average molecular weight is 285 g/mol. The minimum absolute atomic E-state index is 0.0278. The Kier molecular flexibility index (Phi) is 6.12. The van der Waals surface area contributed by atoms with Crippen molar-refractivity contribution in [3.05, 3.63) is 28.8 Å². The van der Waals surface area contributed by atoms with Gasteiger partial charge in [0, 0.05) is 13.1 Å². The maximum atomic E-state index is 11.6. The van der Waals surface area contributed by atoms with Crippen LogP contribution in [0.5, 0.6) is 0 Å². The number of anilines is 1. The quantitative estimate of drug-likeness (QED) is 0.843. The minimum atomic E-state index is -0.551. The van der Waals surface area contributed by atoms with Gasteiger partial charge in [-0.1, -0.05) is 17.7 Å². The van der Waals surface area contributed by atoms with Crippen molar-refractivity contribution in [1.82, 2.24) is 5.32 Å². The maximum Gasteiger partial charge on any atom is 0.239 e. The molecule has 2 N–H and O–H groups in total. The molecule has 1 atom stereocenters. The van der Waals surface area contributed by atoms with Crippen LogP contribution in [0.4, 0.5) is 5.69 Å². The van der Waals surface area contributed by atoms with Crippen LogP contribution < -0.4 is 10.2 Å². The van der Waals surface area contributed by atoms with Crippen molar-refractivity contribution < 1.29 is 9.90 Å². The lowest BCUT2D eigenvalue weighted by atomic mass is 10.1. The Morgan fingerprint density at radius 2 is 2.16 bits per heavy atom. The maximum absolute atomic E-state index is 11.6. The number of hydrogen-bond donors (Lipinski definition) is 2. The van der Waals surface area contributed by atoms with Gasteiger partial charge in [0.05, 0.1) is 23.4 Å². The molecule has 1 amide bonds. The number of halogens is 1. The lowest BCUT2D eigenvalue weighted by Gasteiger charge is -2.24.